The minimum atomic E-state index is -1.05. The minimum Gasteiger partial charge on any atom is -0.494 e. The third-order valence-corrected chi connectivity index (χ3v) is 7.09. The van der Waals surface area contributed by atoms with Crippen molar-refractivity contribution < 1.29 is 32.9 Å². The first-order valence-corrected chi connectivity index (χ1v) is 13.4. The molecule has 0 aliphatic carbocycles. The number of methoxy groups -OCH3 is 3. The molecule has 10 heteroatoms. The van der Waals surface area contributed by atoms with E-state index in [9.17, 15) is 14.0 Å². The molecule has 0 saturated heterocycles. The molecule has 0 bridgehead atoms. The van der Waals surface area contributed by atoms with Crippen LogP contribution in [0.2, 0.25) is 0 Å². The van der Waals surface area contributed by atoms with Gasteiger partial charge in [0.15, 0.2) is 11.5 Å². The van der Waals surface area contributed by atoms with Gasteiger partial charge in [-0.3, -0.25) is 9.59 Å². The van der Waals surface area contributed by atoms with Crippen LogP contribution in [0.15, 0.2) is 53.9 Å². The Labute approximate surface area is 236 Å². The number of halogens is 1. The van der Waals surface area contributed by atoms with E-state index in [2.05, 4.69) is 10.3 Å². The van der Waals surface area contributed by atoms with Crippen LogP contribution >= 0.6 is 11.3 Å². The Morgan fingerprint density at radius 2 is 1.68 bits per heavy atom. The molecule has 2 aromatic heterocycles. The standard InChI is InChI=1S/C30H31FN2O6S/c1-30(2,3)39-15-22(33-29(35)17-10-12-23(36-4)25(14-17)38-6)27(34)21-11-13-24(37-5)26(32-21)19-16-40-28-18(19)8-7-9-20(28)31/h7-14,16,22H,15H2,1-6H3,(H,33,35)/t22-/m0/s1. The van der Waals surface area contributed by atoms with Crippen molar-refractivity contribution in [1.29, 1.82) is 0 Å². The van der Waals surface area contributed by atoms with Gasteiger partial charge in [0.05, 0.1) is 38.2 Å². The van der Waals surface area contributed by atoms with E-state index >= 15 is 0 Å². The maximum absolute atomic E-state index is 14.4. The van der Waals surface area contributed by atoms with Gasteiger partial charge in [-0.05, 0) is 57.2 Å². The third kappa shape index (κ3) is 6.24. The Morgan fingerprint density at radius 1 is 0.975 bits per heavy atom. The fourth-order valence-corrected chi connectivity index (χ4v) is 5.02. The molecule has 0 fully saturated rings. The van der Waals surface area contributed by atoms with Gasteiger partial charge in [0, 0.05) is 21.9 Å². The van der Waals surface area contributed by atoms with Crippen LogP contribution < -0.4 is 19.5 Å². The van der Waals surface area contributed by atoms with Gasteiger partial charge >= 0.3 is 0 Å². The van der Waals surface area contributed by atoms with Crippen LogP contribution in [0.4, 0.5) is 4.39 Å². The fraction of sp³-hybridized carbons (Fsp3) is 0.300. The summed E-state index contributed by atoms with van der Waals surface area (Å²) >= 11 is 1.25. The second kappa shape index (κ2) is 12.0. The molecule has 40 heavy (non-hydrogen) atoms. The van der Waals surface area contributed by atoms with E-state index in [-0.39, 0.29) is 23.7 Å². The first-order valence-electron chi connectivity index (χ1n) is 12.5. The molecule has 1 N–H and O–H groups in total. The quantitative estimate of drug-likeness (QED) is 0.238. The highest BCUT2D eigenvalue weighted by Gasteiger charge is 2.28. The molecule has 1 amide bonds. The number of amides is 1. The van der Waals surface area contributed by atoms with Crippen molar-refractivity contribution >= 4 is 33.1 Å². The number of ether oxygens (including phenoxy) is 4. The van der Waals surface area contributed by atoms with Crippen molar-refractivity contribution in [2.24, 2.45) is 0 Å². The molecular formula is C30H31FN2O6S. The third-order valence-electron chi connectivity index (χ3n) is 6.09. The zero-order valence-corrected chi connectivity index (χ0v) is 24.0. The lowest BCUT2D eigenvalue weighted by Crippen LogP contribution is -2.45. The summed E-state index contributed by atoms with van der Waals surface area (Å²) < 4.78 is 36.8. The van der Waals surface area contributed by atoms with E-state index in [1.54, 1.807) is 35.7 Å². The molecule has 210 valence electrons. The molecule has 0 spiro atoms. The van der Waals surface area contributed by atoms with Crippen LogP contribution in [0.3, 0.4) is 0 Å². The molecule has 0 unspecified atom stereocenters. The Morgan fingerprint density at radius 3 is 2.35 bits per heavy atom. The molecule has 0 aliphatic rings. The number of hydrogen-bond donors (Lipinski definition) is 1. The lowest BCUT2D eigenvalue weighted by Gasteiger charge is -2.24. The smallest absolute Gasteiger partial charge is 0.252 e. The fourth-order valence-electron chi connectivity index (χ4n) is 4.06. The molecule has 0 aliphatic heterocycles. The second-order valence-corrected chi connectivity index (χ2v) is 10.8. The van der Waals surface area contributed by atoms with Crippen LogP contribution in [0.5, 0.6) is 17.2 Å². The summed E-state index contributed by atoms with van der Waals surface area (Å²) in [5.74, 6) is -0.00414. The van der Waals surface area contributed by atoms with Crippen molar-refractivity contribution in [2.75, 3.05) is 27.9 Å². The highest BCUT2D eigenvalue weighted by Crippen LogP contribution is 2.38. The minimum absolute atomic E-state index is 0.0863. The number of rotatable bonds is 10. The molecule has 0 radical (unpaired) electrons. The largest absolute Gasteiger partial charge is 0.494 e. The number of ketones is 1. The molecule has 4 rings (SSSR count). The van der Waals surface area contributed by atoms with Crippen LogP contribution in [-0.2, 0) is 4.74 Å². The molecular weight excluding hydrogens is 535 g/mol. The SMILES string of the molecule is COc1ccc(C(=O)N[C@@H](COC(C)(C)C)C(=O)c2ccc(OC)c(-c3csc4c(F)cccc34)n2)cc1OC. The van der Waals surface area contributed by atoms with Gasteiger partial charge in [-0.1, -0.05) is 12.1 Å². The lowest BCUT2D eigenvalue weighted by atomic mass is 10.0. The summed E-state index contributed by atoms with van der Waals surface area (Å²) in [6.07, 6.45) is 0. The first-order chi connectivity index (χ1) is 19.1. The van der Waals surface area contributed by atoms with E-state index in [0.717, 1.165) is 0 Å². The maximum Gasteiger partial charge on any atom is 0.252 e. The molecule has 0 saturated carbocycles. The Balaban J connectivity index is 1.70. The van der Waals surface area contributed by atoms with Gasteiger partial charge in [0.1, 0.15) is 29.0 Å². The number of nitrogens with one attached hydrogen (secondary N) is 1. The average molecular weight is 567 g/mol. The average Bonchev–Trinajstić information content (AvgIpc) is 3.38. The number of carbonyl (C=O) groups is 2. The number of hydrogen-bond acceptors (Lipinski definition) is 8. The van der Waals surface area contributed by atoms with Crippen LogP contribution in [-0.4, -0.2) is 56.3 Å². The summed E-state index contributed by atoms with van der Waals surface area (Å²) in [5.41, 5.74) is 0.850. The van der Waals surface area contributed by atoms with E-state index in [0.29, 0.717) is 38.6 Å². The lowest BCUT2D eigenvalue weighted by molar-refractivity contribution is -0.0114. The van der Waals surface area contributed by atoms with Gasteiger partial charge in [0.25, 0.3) is 5.91 Å². The van der Waals surface area contributed by atoms with Crippen molar-refractivity contribution in [1.82, 2.24) is 10.3 Å². The molecule has 1 atom stereocenters. The highest BCUT2D eigenvalue weighted by molar-refractivity contribution is 7.17. The Bertz CT molecular complexity index is 1550. The van der Waals surface area contributed by atoms with Crippen LogP contribution in [0.25, 0.3) is 21.3 Å². The summed E-state index contributed by atoms with van der Waals surface area (Å²) in [5, 5.41) is 5.23. The Hall–Kier alpha value is -4.02. The maximum atomic E-state index is 14.4. The first kappa shape index (κ1) is 29.0. The topological polar surface area (TPSA) is 96.0 Å². The number of carbonyl (C=O) groups excluding carboxylic acids is 2. The van der Waals surface area contributed by atoms with Crippen LogP contribution in [0.1, 0.15) is 41.6 Å². The van der Waals surface area contributed by atoms with Crippen LogP contribution in [0, 0.1) is 5.82 Å². The Kier molecular flexibility index (Phi) is 8.70. The van der Waals surface area contributed by atoms with Gasteiger partial charge in [-0.2, -0.15) is 0 Å². The summed E-state index contributed by atoms with van der Waals surface area (Å²) in [6, 6.07) is 11.7. The zero-order valence-electron chi connectivity index (χ0n) is 23.2. The van der Waals surface area contributed by atoms with Crippen molar-refractivity contribution in [3.05, 3.63) is 71.0 Å². The number of nitrogens with zero attached hydrogens (tertiary/aromatic N) is 1. The van der Waals surface area contributed by atoms with E-state index in [1.807, 2.05) is 20.8 Å². The molecule has 4 aromatic rings. The molecule has 2 heterocycles. The predicted octanol–water partition coefficient (Wildman–Crippen LogP) is 5.92. The number of pyridine rings is 1. The zero-order chi connectivity index (χ0) is 29.0. The van der Waals surface area contributed by atoms with E-state index in [1.165, 1.54) is 50.9 Å². The van der Waals surface area contributed by atoms with Crippen molar-refractivity contribution in [3.63, 3.8) is 0 Å². The van der Waals surface area contributed by atoms with Gasteiger partial charge in [-0.25, -0.2) is 9.37 Å². The van der Waals surface area contributed by atoms with E-state index < -0.39 is 23.3 Å². The van der Waals surface area contributed by atoms with Crippen molar-refractivity contribution in [3.8, 4) is 28.5 Å². The second-order valence-electron chi connectivity index (χ2n) is 9.90. The summed E-state index contributed by atoms with van der Waals surface area (Å²) in [7, 11) is 4.48. The number of benzene rings is 2. The highest BCUT2D eigenvalue weighted by atomic mass is 32.1. The molecule has 8 nitrogen and oxygen atoms in total. The number of fused-ring (bicyclic) bond motifs is 1. The predicted molar refractivity (Wildman–Crippen MR) is 152 cm³/mol. The van der Waals surface area contributed by atoms with Gasteiger partial charge in [-0.15, -0.1) is 11.3 Å². The van der Waals surface area contributed by atoms with E-state index in [4.69, 9.17) is 18.9 Å². The number of Topliss-reactive ketones (excluding diaryl/α,β-unsaturated/α-hetero) is 1. The van der Waals surface area contributed by atoms with Gasteiger partial charge < -0.3 is 24.3 Å². The monoisotopic (exact) mass is 566 g/mol. The normalized spacial score (nSPS) is 12.2. The summed E-state index contributed by atoms with van der Waals surface area (Å²) in [4.78, 5) is 31.6. The molecule has 2 aromatic carbocycles. The van der Waals surface area contributed by atoms with Crippen molar-refractivity contribution in [2.45, 2.75) is 32.4 Å². The van der Waals surface area contributed by atoms with Gasteiger partial charge in [0.2, 0.25) is 5.78 Å². The number of aromatic nitrogens is 1. The number of thiophene rings is 1. The summed E-state index contributed by atoms with van der Waals surface area (Å²) in [6.45, 7) is 5.48.